The third-order valence-corrected chi connectivity index (χ3v) is 5.37. The monoisotopic (exact) mass is 314 g/mol. The van der Waals surface area contributed by atoms with Crippen LogP contribution in [0.5, 0.6) is 5.75 Å². The summed E-state index contributed by atoms with van der Waals surface area (Å²) in [6.07, 6.45) is 2.35. The van der Waals surface area contributed by atoms with Gasteiger partial charge < -0.3 is 0 Å². The van der Waals surface area contributed by atoms with Crippen molar-refractivity contribution in [3.8, 4) is 5.75 Å². The van der Waals surface area contributed by atoms with Crippen LogP contribution < -0.4 is 9.20 Å². The molecule has 98 valence electrons. The average Bonchev–Trinajstić information content (AvgIpc) is 2.38. The Bertz CT molecular complexity index is 431. The minimum atomic E-state index is -0.544. The fraction of sp³-hybridized carbons (Fsp3) is 0.357. The molecule has 0 fully saturated rings. The minimum absolute atomic E-state index is 0.0825. The molecule has 0 aromatic heterocycles. The summed E-state index contributed by atoms with van der Waals surface area (Å²) in [4.78, 5) is 11.9. The van der Waals surface area contributed by atoms with Crippen LogP contribution in [0.4, 0.5) is 0 Å². The Kier molecular flexibility index (Phi) is 5.45. The molecule has 3 nitrogen and oxygen atoms in total. The van der Waals surface area contributed by atoms with E-state index in [0.29, 0.717) is 6.42 Å². The van der Waals surface area contributed by atoms with Crippen molar-refractivity contribution in [2.45, 2.75) is 17.7 Å². The zero-order valence-corrected chi connectivity index (χ0v) is 12.6. The molecule has 0 aliphatic carbocycles. The number of rotatable bonds is 6. The number of para-hydroxylation sites is 1. The molecule has 1 aromatic rings. The van der Waals surface area contributed by atoms with Crippen LogP contribution in [-0.4, -0.2) is 35.1 Å². The predicted octanol–water partition coefficient (Wildman–Crippen LogP) is 1.95. The van der Waals surface area contributed by atoms with E-state index in [1.807, 2.05) is 31.2 Å². The quantitative estimate of drug-likeness (QED) is 0.457. The zero-order valence-electron chi connectivity index (χ0n) is 10.9. The summed E-state index contributed by atoms with van der Waals surface area (Å²) in [7, 11) is 3.06. The number of hydrogen-bond donors (Lipinski definition) is 0. The summed E-state index contributed by atoms with van der Waals surface area (Å²) in [6, 6.07) is 7.76. The summed E-state index contributed by atoms with van der Waals surface area (Å²) >= 11 is -0.0825. The average molecular weight is 313 g/mol. The number of allylic oxidation sites excluding steroid dienone is 1. The van der Waals surface area contributed by atoms with Crippen molar-refractivity contribution in [1.82, 2.24) is 0 Å². The molecule has 4 heteroatoms. The number of ether oxygens (including phenoxy) is 2. The Morgan fingerprint density at radius 3 is 2.67 bits per heavy atom. The Morgan fingerprint density at radius 2 is 2.11 bits per heavy atom. The second-order valence-corrected chi connectivity index (χ2v) is 7.21. The van der Waals surface area contributed by atoms with Crippen molar-refractivity contribution >= 4 is 25.4 Å². The molecule has 0 saturated heterocycles. The van der Waals surface area contributed by atoms with Crippen molar-refractivity contribution in [2.24, 2.45) is 0 Å². The molecule has 0 N–H and O–H groups in total. The summed E-state index contributed by atoms with van der Waals surface area (Å²) < 4.78 is 10.7. The van der Waals surface area contributed by atoms with Crippen LogP contribution >= 0.6 is 0 Å². The van der Waals surface area contributed by atoms with Gasteiger partial charge in [0.1, 0.15) is 0 Å². The summed E-state index contributed by atoms with van der Waals surface area (Å²) in [6.45, 7) is 5.63. The molecule has 0 saturated carbocycles. The van der Waals surface area contributed by atoms with E-state index in [2.05, 4.69) is 6.58 Å². The van der Waals surface area contributed by atoms with Gasteiger partial charge in [-0.1, -0.05) is 0 Å². The van der Waals surface area contributed by atoms with Crippen molar-refractivity contribution in [3.05, 3.63) is 36.9 Å². The van der Waals surface area contributed by atoms with Gasteiger partial charge in [-0.15, -0.1) is 0 Å². The van der Waals surface area contributed by atoms with E-state index in [1.165, 1.54) is 7.11 Å². The van der Waals surface area contributed by atoms with E-state index < -0.39 is 4.31 Å². The SMILES string of the molecule is C=CCC(C)([Se]c1ccccc1OC)C(=O)OC. The third kappa shape index (κ3) is 3.37. The van der Waals surface area contributed by atoms with Crippen LogP contribution in [0, 0.1) is 0 Å². The van der Waals surface area contributed by atoms with E-state index in [9.17, 15) is 4.79 Å². The predicted molar refractivity (Wildman–Crippen MR) is 73.6 cm³/mol. The Hall–Kier alpha value is -1.25. The van der Waals surface area contributed by atoms with Gasteiger partial charge in [-0.3, -0.25) is 0 Å². The van der Waals surface area contributed by atoms with Gasteiger partial charge in [0.25, 0.3) is 0 Å². The van der Waals surface area contributed by atoms with E-state index >= 15 is 0 Å². The van der Waals surface area contributed by atoms with Gasteiger partial charge >= 0.3 is 114 Å². The van der Waals surface area contributed by atoms with Gasteiger partial charge in [-0.05, 0) is 0 Å². The molecule has 1 unspecified atom stereocenters. The molecule has 1 atom stereocenters. The van der Waals surface area contributed by atoms with Crippen LogP contribution in [0.15, 0.2) is 36.9 Å². The van der Waals surface area contributed by atoms with E-state index in [4.69, 9.17) is 9.47 Å². The van der Waals surface area contributed by atoms with Crippen molar-refractivity contribution < 1.29 is 14.3 Å². The second kappa shape index (κ2) is 6.62. The Balaban J connectivity index is 3.03. The first-order valence-corrected chi connectivity index (χ1v) is 7.30. The number of methoxy groups -OCH3 is 2. The van der Waals surface area contributed by atoms with Crippen LogP contribution in [0.25, 0.3) is 0 Å². The van der Waals surface area contributed by atoms with Crippen molar-refractivity contribution in [1.29, 1.82) is 0 Å². The van der Waals surface area contributed by atoms with E-state index in [-0.39, 0.29) is 20.9 Å². The van der Waals surface area contributed by atoms with Gasteiger partial charge in [0.05, 0.1) is 0 Å². The molecule has 1 rings (SSSR count). The number of esters is 1. The zero-order chi connectivity index (χ0) is 13.6. The van der Waals surface area contributed by atoms with Crippen molar-refractivity contribution in [2.75, 3.05) is 14.2 Å². The molecule has 18 heavy (non-hydrogen) atoms. The summed E-state index contributed by atoms with van der Waals surface area (Å²) in [5, 5.41) is 0. The normalized spacial score (nSPS) is 13.5. The molecule has 0 heterocycles. The third-order valence-electron chi connectivity index (χ3n) is 2.56. The molecule has 1 aromatic carbocycles. The molecule has 0 aliphatic rings. The molecular formula is C14H18O3Se. The van der Waals surface area contributed by atoms with Crippen LogP contribution in [0.3, 0.4) is 0 Å². The first-order valence-electron chi connectivity index (χ1n) is 5.58. The molecule has 0 spiro atoms. The fourth-order valence-electron chi connectivity index (χ4n) is 1.60. The molecule has 0 bridgehead atoms. The maximum absolute atomic E-state index is 11.9. The summed E-state index contributed by atoms with van der Waals surface area (Å²) in [5.41, 5.74) is 0. The first-order chi connectivity index (χ1) is 8.57. The number of carbonyl (C=O) groups excluding carboxylic acids is 1. The van der Waals surface area contributed by atoms with Gasteiger partial charge in [0.2, 0.25) is 0 Å². The van der Waals surface area contributed by atoms with Crippen molar-refractivity contribution in [3.63, 3.8) is 0 Å². The van der Waals surface area contributed by atoms with E-state index in [1.54, 1.807) is 13.2 Å². The molecular weight excluding hydrogens is 295 g/mol. The second-order valence-electron chi connectivity index (χ2n) is 3.97. The van der Waals surface area contributed by atoms with Gasteiger partial charge in [-0.2, -0.15) is 0 Å². The number of hydrogen-bond acceptors (Lipinski definition) is 3. The van der Waals surface area contributed by atoms with Crippen LogP contribution in [0.2, 0.25) is 4.31 Å². The van der Waals surface area contributed by atoms with Crippen LogP contribution in [0.1, 0.15) is 13.3 Å². The molecule has 0 radical (unpaired) electrons. The van der Waals surface area contributed by atoms with Gasteiger partial charge in [0.15, 0.2) is 0 Å². The molecule has 0 amide bonds. The van der Waals surface area contributed by atoms with Gasteiger partial charge in [0, 0.05) is 0 Å². The standard InChI is InChI=1S/C14H18O3Se/c1-5-10-14(2,13(15)17-4)18-12-9-7-6-8-11(12)16-3/h5-9H,1,10H2,2-4H3. The van der Waals surface area contributed by atoms with Crippen LogP contribution in [-0.2, 0) is 9.53 Å². The maximum atomic E-state index is 11.9. The molecule has 0 aliphatic heterocycles. The number of benzene rings is 1. The first kappa shape index (κ1) is 14.8. The van der Waals surface area contributed by atoms with Gasteiger partial charge in [-0.25, -0.2) is 0 Å². The Labute approximate surface area is 114 Å². The Morgan fingerprint density at radius 1 is 1.44 bits per heavy atom. The topological polar surface area (TPSA) is 35.5 Å². The fourth-order valence-corrected chi connectivity index (χ4v) is 4.23. The van der Waals surface area contributed by atoms with E-state index in [0.717, 1.165) is 10.2 Å². The number of carbonyl (C=O) groups is 1. The summed E-state index contributed by atoms with van der Waals surface area (Å²) in [5.74, 6) is 0.616.